The van der Waals surface area contributed by atoms with Gasteiger partial charge in [0.2, 0.25) is 0 Å². The van der Waals surface area contributed by atoms with E-state index >= 15 is 0 Å². The number of benzene rings is 2. The van der Waals surface area contributed by atoms with Crippen LogP contribution < -0.4 is 14.8 Å². The maximum Gasteiger partial charge on any atom is 0.331 e. The molecule has 0 aliphatic carbocycles. The summed E-state index contributed by atoms with van der Waals surface area (Å²) >= 11 is 6.16. The molecule has 0 unspecified atom stereocenters. The number of halogens is 1. The topological polar surface area (TPSA) is 91.7 Å². The standard InChI is InChI=1S/C24H24ClN3O5/c1-15-23(16(2)28(27-15)18-8-6-5-7-9-18)26-21(29)14-33-22(30)11-10-17-12-19(25)24(32-4)20(13-17)31-3/h5-13H,14H2,1-4H3,(H,26,29). The van der Waals surface area contributed by atoms with E-state index in [-0.39, 0.29) is 0 Å². The second-order valence-corrected chi connectivity index (χ2v) is 7.43. The van der Waals surface area contributed by atoms with Crippen molar-refractivity contribution in [1.29, 1.82) is 0 Å². The highest BCUT2D eigenvalue weighted by Gasteiger charge is 2.16. The molecule has 1 N–H and O–H groups in total. The minimum atomic E-state index is -0.676. The Morgan fingerprint density at radius 3 is 2.52 bits per heavy atom. The number of nitrogens with one attached hydrogen (secondary N) is 1. The highest BCUT2D eigenvalue weighted by atomic mass is 35.5. The van der Waals surface area contributed by atoms with Crippen LogP contribution in [0.5, 0.6) is 11.5 Å². The van der Waals surface area contributed by atoms with Gasteiger partial charge in [-0.3, -0.25) is 4.79 Å². The third-order valence-corrected chi connectivity index (χ3v) is 5.05. The summed E-state index contributed by atoms with van der Waals surface area (Å²) in [6, 6.07) is 12.9. The number of aromatic nitrogens is 2. The van der Waals surface area contributed by atoms with Crippen molar-refractivity contribution in [1.82, 2.24) is 9.78 Å². The van der Waals surface area contributed by atoms with Crippen molar-refractivity contribution in [2.24, 2.45) is 0 Å². The lowest BCUT2D eigenvalue weighted by Gasteiger charge is -2.10. The number of hydrogen-bond acceptors (Lipinski definition) is 6. The van der Waals surface area contributed by atoms with Crippen LogP contribution in [-0.4, -0.2) is 42.5 Å². The van der Waals surface area contributed by atoms with Gasteiger partial charge >= 0.3 is 5.97 Å². The van der Waals surface area contributed by atoms with Crippen molar-refractivity contribution >= 4 is 35.2 Å². The molecule has 1 aromatic heterocycles. The van der Waals surface area contributed by atoms with E-state index in [9.17, 15) is 9.59 Å². The molecular formula is C24H24ClN3O5. The van der Waals surface area contributed by atoms with Gasteiger partial charge in [-0.25, -0.2) is 9.48 Å². The molecule has 0 saturated heterocycles. The Labute approximate surface area is 196 Å². The van der Waals surface area contributed by atoms with Crippen molar-refractivity contribution in [3.05, 3.63) is 70.5 Å². The van der Waals surface area contributed by atoms with E-state index in [0.29, 0.717) is 33.5 Å². The Kier molecular flexibility index (Phi) is 7.74. The molecule has 0 aliphatic rings. The molecule has 9 heteroatoms. The minimum absolute atomic E-state index is 0.339. The summed E-state index contributed by atoms with van der Waals surface area (Å²) in [4.78, 5) is 24.4. The number of methoxy groups -OCH3 is 2. The van der Waals surface area contributed by atoms with Crippen LogP contribution in [0, 0.1) is 13.8 Å². The summed E-state index contributed by atoms with van der Waals surface area (Å²) < 4.78 is 17.2. The van der Waals surface area contributed by atoms with E-state index in [1.165, 1.54) is 26.4 Å². The van der Waals surface area contributed by atoms with Gasteiger partial charge < -0.3 is 19.5 Å². The van der Waals surface area contributed by atoms with Crippen molar-refractivity contribution in [3.63, 3.8) is 0 Å². The SMILES string of the molecule is COc1cc(C=CC(=O)OCC(=O)Nc2c(C)nn(-c3ccccc3)c2C)cc(Cl)c1OC. The van der Waals surface area contributed by atoms with E-state index in [1.807, 2.05) is 37.3 Å². The molecule has 2 aromatic carbocycles. The van der Waals surface area contributed by atoms with Crippen LogP contribution in [0.25, 0.3) is 11.8 Å². The Bertz CT molecular complexity index is 1190. The molecule has 172 valence electrons. The Morgan fingerprint density at radius 1 is 1.12 bits per heavy atom. The number of nitrogens with zero attached hydrogens (tertiary/aromatic N) is 2. The second-order valence-electron chi connectivity index (χ2n) is 7.02. The molecule has 8 nitrogen and oxygen atoms in total. The van der Waals surface area contributed by atoms with E-state index in [0.717, 1.165) is 11.4 Å². The van der Waals surface area contributed by atoms with Gasteiger partial charge in [0.05, 0.1) is 42.0 Å². The molecular weight excluding hydrogens is 446 g/mol. The van der Waals surface area contributed by atoms with Gasteiger partial charge in [-0.1, -0.05) is 29.8 Å². The van der Waals surface area contributed by atoms with Crippen LogP contribution in [0.15, 0.2) is 48.5 Å². The zero-order valence-corrected chi connectivity index (χ0v) is 19.5. The minimum Gasteiger partial charge on any atom is -0.493 e. The van der Waals surface area contributed by atoms with Crippen LogP contribution in [0.2, 0.25) is 5.02 Å². The maximum absolute atomic E-state index is 12.3. The Balaban J connectivity index is 1.60. The van der Waals surface area contributed by atoms with Gasteiger partial charge in [0, 0.05) is 6.08 Å². The van der Waals surface area contributed by atoms with Crippen LogP contribution in [0.1, 0.15) is 17.0 Å². The summed E-state index contributed by atoms with van der Waals surface area (Å²) in [6.45, 7) is 3.21. The van der Waals surface area contributed by atoms with Crippen molar-refractivity contribution < 1.29 is 23.8 Å². The molecule has 0 bridgehead atoms. The van der Waals surface area contributed by atoms with Crippen molar-refractivity contribution in [2.45, 2.75) is 13.8 Å². The lowest BCUT2D eigenvalue weighted by atomic mass is 10.2. The van der Waals surface area contributed by atoms with Gasteiger partial charge in [0.25, 0.3) is 5.91 Å². The zero-order chi connectivity index (χ0) is 24.0. The monoisotopic (exact) mass is 469 g/mol. The number of amides is 1. The van der Waals surface area contributed by atoms with E-state index in [2.05, 4.69) is 10.4 Å². The Morgan fingerprint density at radius 2 is 1.85 bits per heavy atom. The summed E-state index contributed by atoms with van der Waals surface area (Å²) in [6.07, 6.45) is 2.71. The fraction of sp³-hybridized carbons (Fsp3) is 0.208. The zero-order valence-electron chi connectivity index (χ0n) is 18.7. The summed E-state index contributed by atoms with van der Waals surface area (Å²) in [5.74, 6) is -0.315. The van der Waals surface area contributed by atoms with Crippen LogP contribution in [0.3, 0.4) is 0 Å². The van der Waals surface area contributed by atoms with Gasteiger partial charge in [-0.05, 0) is 49.8 Å². The summed E-state index contributed by atoms with van der Waals surface area (Å²) in [5, 5.41) is 7.58. The van der Waals surface area contributed by atoms with Gasteiger partial charge in [0.1, 0.15) is 0 Å². The summed E-state index contributed by atoms with van der Waals surface area (Å²) in [5.41, 5.74) is 3.49. The molecule has 3 rings (SSSR count). The van der Waals surface area contributed by atoms with E-state index < -0.39 is 18.5 Å². The molecule has 0 fully saturated rings. The fourth-order valence-corrected chi connectivity index (χ4v) is 3.50. The molecule has 0 atom stereocenters. The number of ether oxygens (including phenoxy) is 3. The van der Waals surface area contributed by atoms with Crippen LogP contribution >= 0.6 is 11.6 Å². The fourth-order valence-electron chi connectivity index (χ4n) is 3.20. The van der Waals surface area contributed by atoms with Crippen LogP contribution in [-0.2, 0) is 14.3 Å². The highest BCUT2D eigenvalue weighted by Crippen LogP contribution is 2.36. The van der Waals surface area contributed by atoms with Gasteiger partial charge in [-0.15, -0.1) is 0 Å². The predicted molar refractivity (Wildman–Crippen MR) is 126 cm³/mol. The first kappa shape index (κ1) is 23.9. The first-order valence-electron chi connectivity index (χ1n) is 10.0. The lowest BCUT2D eigenvalue weighted by molar-refractivity contribution is -0.142. The number of hydrogen-bond donors (Lipinski definition) is 1. The normalized spacial score (nSPS) is 10.8. The van der Waals surface area contributed by atoms with E-state index in [1.54, 1.807) is 23.7 Å². The molecule has 0 radical (unpaired) electrons. The average molecular weight is 470 g/mol. The number of para-hydroxylation sites is 1. The number of esters is 1. The molecule has 1 amide bonds. The number of carbonyl (C=O) groups excluding carboxylic acids is 2. The maximum atomic E-state index is 12.3. The predicted octanol–water partition coefficient (Wildman–Crippen LogP) is 4.35. The number of rotatable bonds is 8. The number of aryl methyl sites for hydroxylation is 1. The quantitative estimate of drug-likeness (QED) is 0.389. The largest absolute Gasteiger partial charge is 0.493 e. The van der Waals surface area contributed by atoms with E-state index in [4.69, 9.17) is 25.8 Å². The highest BCUT2D eigenvalue weighted by molar-refractivity contribution is 6.32. The first-order chi connectivity index (χ1) is 15.8. The molecule has 0 saturated carbocycles. The molecule has 33 heavy (non-hydrogen) atoms. The summed E-state index contributed by atoms with van der Waals surface area (Å²) in [7, 11) is 2.97. The van der Waals surface area contributed by atoms with Crippen LogP contribution in [0.4, 0.5) is 5.69 Å². The third kappa shape index (κ3) is 5.72. The van der Waals surface area contributed by atoms with Gasteiger partial charge in [-0.2, -0.15) is 5.10 Å². The smallest absolute Gasteiger partial charge is 0.331 e. The van der Waals surface area contributed by atoms with Crippen molar-refractivity contribution in [2.75, 3.05) is 26.1 Å². The molecule has 3 aromatic rings. The Hall–Kier alpha value is -3.78. The lowest BCUT2D eigenvalue weighted by Crippen LogP contribution is -2.20. The number of carbonyl (C=O) groups is 2. The van der Waals surface area contributed by atoms with Gasteiger partial charge in [0.15, 0.2) is 18.1 Å². The molecule has 0 aliphatic heterocycles. The first-order valence-corrected chi connectivity index (χ1v) is 10.4. The van der Waals surface area contributed by atoms with Crippen molar-refractivity contribution in [3.8, 4) is 17.2 Å². The second kappa shape index (κ2) is 10.7. The molecule has 0 spiro atoms. The number of anilines is 1. The third-order valence-electron chi connectivity index (χ3n) is 4.77. The average Bonchev–Trinajstić information content (AvgIpc) is 3.09. The molecule has 1 heterocycles.